The summed E-state index contributed by atoms with van der Waals surface area (Å²) < 4.78 is 0. The van der Waals surface area contributed by atoms with E-state index in [0.29, 0.717) is 11.4 Å². The van der Waals surface area contributed by atoms with Crippen LogP contribution in [-0.4, -0.2) is 4.98 Å². The van der Waals surface area contributed by atoms with Gasteiger partial charge < -0.3 is 0 Å². The van der Waals surface area contributed by atoms with E-state index in [1.54, 1.807) is 12.4 Å². The number of hydrogen-bond donors (Lipinski definition) is 0. The highest BCUT2D eigenvalue weighted by atomic mass is 35.5. The summed E-state index contributed by atoms with van der Waals surface area (Å²) in [7, 11) is 0. The number of halogens is 1. The molecule has 0 radical (unpaired) electrons. The summed E-state index contributed by atoms with van der Waals surface area (Å²) in [5.41, 5.74) is 1.85. The Kier molecular flexibility index (Phi) is 2.45. The maximum atomic E-state index is 8.41. The molecule has 0 aromatic carbocycles. The molecular weight excluding hydrogens is 160 g/mol. The molecule has 1 aromatic rings. The average Bonchev–Trinajstić information content (AvgIpc) is 1.99. The highest BCUT2D eigenvalue weighted by molar-refractivity contribution is 6.31. The topological polar surface area (TPSA) is 36.7 Å². The molecule has 0 N–H and O–H groups in total. The summed E-state index contributed by atoms with van der Waals surface area (Å²) in [5.74, 6) is 0. The second-order valence-corrected chi connectivity index (χ2v) is 2.65. The minimum Gasteiger partial charge on any atom is -0.263 e. The Bertz CT molecular complexity index is 301. The molecule has 1 heterocycles. The summed E-state index contributed by atoms with van der Waals surface area (Å²) in [6, 6.07) is 2.05. The molecule has 1 aromatic heterocycles. The maximum absolute atomic E-state index is 8.41. The molecule has 3 heteroatoms. The lowest BCUT2D eigenvalue weighted by atomic mass is 10.1. The van der Waals surface area contributed by atoms with Gasteiger partial charge in [0.15, 0.2) is 0 Å². The fourth-order valence-electron chi connectivity index (χ4n) is 0.803. The highest BCUT2D eigenvalue weighted by Gasteiger charge is 2.00. The van der Waals surface area contributed by atoms with E-state index in [4.69, 9.17) is 16.9 Å². The third-order valence-electron chi connectivity index (χ3n) is 1.53. The fraction of sp³-hybridized carbons (Fsp3) is 0.250. The number of aromatic nitrogens is 1. The van der Waals surface area contributed by atoms with Gasteiger partial charge in [-0.05, 0) is 18.1 Å². The van der Waals surface area contributed by atoms with E-state index >= 15 is 0 Å². The summed E-state index contributed by atoms with van der Waals surface area (Å²) >= 11 is 5.78. The summed E-state index contributed by atoms with van der Waals surface area (Å²) in [4.78, 5) is 3.88. The van der Waals surface area contributed by atoms with Crippen molar-refractivity contribution < 1.29 is 0 Å². The van der Waals surface area contributed by atoms with Gasteiger partial charge in [0.1, 0.15) is 0 Å². The third-order valence-corrected chi connectivity index (χ3v) is 1.91. The van der Waals surface area contributed by atoms with Crippen LogP contribution in [0.3, 0.4) is 0 Å². The van der Waals surface area contributed by atoms with E-state index in [0.717, 1.165) is 11.1 Å². The van der Waals surface area contributed by atoms with Gasteiger partial charge in [-0.1, -0.05) is 11.6 Å². The molecule has 0 fully saturated rings. The molecule has 0 aliphatic rings. The standard InChI is InChI=1S/C8H7ClN2/c1-6-7(2-3-10)4-11-5-8(6)9/h4-5H,2H2,1H3. The lowest BCUT2D eigenvalue weighted by Gasteiger charge is -2.00. The van der Waals surface area contributed by atoms with Crippen LogP contribution in [0.25, 0.3) is 0 Å². The molecule has 11 heavy (non-hydrogen) atoms. The van der Waals surface area contributed by atoms with Crippen molar-refractivity contribution >= 4 is 11.6 Å². The number of nitrogens with zero attached hydrogens (tertiary/aromatic N) is 2. The van der Waals surface area contributed by atoms with E-state index in [9.17, 15) is 0 Å². The molecule has 0 aliphatic carbocycles. The normalized spacial score (nSPS) is 9.18. The van der Waals surface area contributed by atoms with Gasteiger partial charge in [-0.15, -0.1) is 0 Å². The molecule has 0 saturated carbocycles. The minimum absolute atomic E-state index is 0.374. The van der Waals surface area contributed by atoms with Crippen LogP contribution in [0.15, 0.2) is 12.4 Å². The molecule has 0 unspecified atom stereocenters. The molecule has 0 bridgehead atoms. The smallest absolute Gasteiger partial charge is 0.0670 e. The van der Waals surface area contributed by atoms with Crippen molar-refractivity contribution in [2.45, 2.75) is 13.3 Å². The van der Waals surface area contributed by atoms with Gasteiger partial charge in [0, 0.05) is 12.4 Å². The average molecular weight is 167 g/mol. The van der Waals surface area contributed by atoms with Crippen LogP contribution in [0.2, 0.25) is 5.02 Å². The van der Waals surface area contributed by atoms with Gasteiger partial charge in [-0.25, -0.2) is 0 Å². The predicted molar refractivity (Wildman–Crippen MR) is 43.3 cm³/mol. The van der Waals surface area contributed by atoms with Crippen molar-refractivity contribution in [2.24, 2.45) is 0 Å². The Labute approximate surface area is 70.4 Å². The van der Waals surface area contributed by atoms with Crippen LogP contribution < -0.4 is 0 Å². The van der Waals surface area contributed by atoms with E-state index in [-0.39, 0.29) is 0 Å². The first-order chi connectivity index (χ1) is 5.25. The van der Waals surface area contributed by atoms with Gasteiger partial charge in [0.2, 0.25) is 0 Å². The van der Waals surface area contributed by atoms with Crippen molar-refractivity contribution in [3.63, 3.8) is 0 Å². The Morgan fingerprint density at radius 2 is 2.36 bits per heavy atom. The van der Waals surface area contributed by atoms with Crippen LogP contribution in [0, 0.1) is 18.3 Å². The van der Waals surface area contributed by atoms with Crippen molar-refractivity contribution in [1.29, 1.82) is 5.26 Å². The zero-order chi connectivity index (χ0) is 8.27. The zero-order valence-corrected chi connectivity index (χ0v) is 6.89. The number of rotatable bonds is 1. The number of nitriles is 1. The molecule has 0 atom stereocenters. The zero-order valence-electron chi connectivity index (χ0n) is 6.13. The maximum Gasteiger partial charge on any atom is 0.0670 e. The Hall–Kier alpha value is -1.07. The SMILES string of the molecule is Cc1c(Cl)cncc1CC#N. The number of pyridine rings is 1. The first kappa shape index (κ1) is 8.03. The Morgan fingerprint density at radius 3 is 3.00 bits per heavy atom. The minimum atomic E-state index is 0.374. The number of hydrogen-bond acceptors (Lipinski definition) is 2. The van der Waals surface area contributed by atoms with E-state index in [1.807, 2.05) is 6.92 Å². The van der Waals surface area contributed by atoms with Gasteiger partial charge in [-0.2, -0.15) is 5.26 Å². The molecular formula is C8H7ClN2. The van der Waals surface area contributed by atoms with Gasteiger partial charge >= 0.3 is 0 Å². The Balaban J connectivity index is 3.08. The quantitative estimate of drug-likeness (QED) is 0.641. The van der Waals surface area contributed by atoms with Crippen LogP contribution in [0.5, 0.6) is 0 Å². The second-order valence-electron chi connectivity index (χ2n) is 2.24. The van der Waals surface area contributed by atoms with E-state index in [1.165, 1.54) is 0 Å². The molecule has 0 aliphatic heterocycles. The van der Waals surface area contributed by atoms with Crippen LogP contribution >= 0.6 is 11.6 Å². The van der Waals surface area contributed by atoms with Crippen LogP contribution in [0.1, 0.15) is 11.1 Å². The first-order valence-corrected chi connectivity index (χ1v) is 3.59. The van der Waals surface area contributed by atoms with Crippen LogP contribution in [-0.2, 0) is 6.42 Å². The van der Waals surface area contributed by atoms with Crippen molar-refractivity contribution in [1.82, 2.24) is 4.98 Å². The lowest BCUT2D eigenvalue weighted by Crippen LogP contribution is -1.89. The molecule has 1 rings (SSSR count). The van der Waals surface area contributed by atoms with Crippen LogP contribution in [0.4, 0.5) is 0 Å². The summed E-state index contributed by atoms with van der Waals surface area (Å²) in [6.07, 6.45) is 3.63. The van der Waals surface area contributed by atoms with Gasteiger partial charge in [-0.3, -0.25) is 4.98 Å². The Morgan fingerprint density at radius 1 is 1.64 bits per heavy atom. The molecule has 56 valence electrons. The summed E-state index contributed by atoms with van der Waals surface area (Å²) in [5, 5.41) is 9.04. The van der Waals surface area contributed by atoms with Crippen molar-refractivity contribution in [2.75, 3.05) is 0 Å². The molecule has 2 nitrogen and oxygen atoms in total. The first-order valence-electron chi connectivity index (χ1n) is 3.21. The molecule has 0 spiro atoms. The van der Waals surface area contributed by atoms with Crippen molar-refractivity contribution in [3.05, 3.63) is 28.5 Å². The monoisotopic (exact) mass is 166 g/mol. The predicted octanol–water partition coefficient (Wildman–Crippen LogP) is 2.11. The largest absolute Gasteiger partial charge is 0.263 e. The van der Waals surface area contributed by atoms with Gasteiger partial charge in [0.25, 0.3) is 0 Å². The third kappa shape index (κ3) is 1.69. The van der Waals surface area contributed by atoms with E-state index in [2.05, 4.69) is 11.1 Å². The van der Waals surface area contributed by atoms with Gasteiger partial charge in [0.05, 0.1) is 17.5 Å². The fourth-order valence-corrected chi connectivity index (χ4v) is 0.981. The lowest BCUT2D eigenvalue weighted by molar-refractivity contribution is 1.15. The van der Waals surface area contributed by atoms with Crippen molar-refractivity contribution in [3.8, 4) is 6.07 Å². The summed E-state index contributed by atoms with van der Waals surface area (Å²) in [6.45, 7) is 1.89. The highest BCUT2D eigenvalue weighted by Crippen LogP contribution is 2.16. The molecule has 0 amide bonds. The molecule has 0 saturated heterocycles. The second kappa shape index (κ2) is 3.36. The van der Waals surface area contributed by atoms with E-state index < -0.39 is 0 Å².